The predicted molar refractivity (Wildman–Crippen MR) is 233 cm³/mol. The molecule has 9 nitrogen and oxygen atoms in total. The third-order valence-electron chi connectivity index (χ3n) is 10.6. The molecule has 0 saturated heterocycles. The van der Waals surface area contributed by atoms with Gasteiger partial charge >= 0.3 is 0 Å². The molecule has 0 rings (SSSR count). The molecule has 0 aliphatic heterocycles. The van der Waals surface area contributed by atoms with Crippen LogP contribution >= 0.6 is 0 Å². The van der Waals surface area contributed by atoms with Crippen LogP contribution in [0.1, 0.15) is 272 Å². The van der Waals surface area contributed by atoms with Crippen molar-refractivity contribution < 1.29 is 14.8 Å². The molecule has 54 heavy (non-hydrogen) atoms. The summed E-state index contributed by atoms with van der Waals surface area (Å²) in [7, 11) is 0. The Kier molecular flexibility index (Phi) is 51.5. The molecule has 1 atom stereocenters. The third kappa shape index (κ3) is 50.2. The number of nitrogens with zero attached hydrogens (tertiary/aromatic N) is 3. The van der Waals surface area contributed by atoms with Crippen molar-refractivity contribution in [2.24, 2.45) is 0 Å². The Morgan fingerprint density at radius 2 is 0.481 bits per heavy atom. The molecule has 0 aromatic carbocycles. The molecule has 0 saturated carbocycles. The van der Waals surface area contributed by atoms with Crippen LogP contribution in [0.5, 0.6) is 0 Å². The van der Waals surface area contributed by atoms with Crippen LogP contribution in [-0.4, -0.2) is 33.4 Å². The van der Waals surface area contributed by atoms with Crippen molar-refractivity contribution in [1.29, 1.82) is 0 Å². The summed E-state index contributed by atoms with van der Waals surface area (Å²) < 4.78 is 0. The van der Waals surface area contributed by atoms with E-state index in [1.165, 1.54) is 161 Å². The lowest BCUT2D eigenvalue weighted by Crippen LogP contribution is -2.19. The number of hydrogen-bond acceptors (Lipinski definition) is 6. The SMILES string of the molecule is CCCCCCCCC(CCCCCCCC)[N+](=O)[O-].CCCCCCCCCC(CCCCC)[N+](=O)[O-].CCCCCCCCCCCCC[N+](=O)[O-]. The minimum Gasteiger partial charge on any atom is -0.265 e. The molecule has 0 amide bonds. The summed E-state index contributed by atoms with van der Waals surface area (Å²) in [5, 5.41) is 32.0. The minimum absolute atomic E-state index is 0.0436. The molecule has 324 valence electrons. The topological polar surface area (TPSA) is 129 Å². The maximum absolute atomic E-state index is 11.0. The number of unbranched alkanes of at least 4 members (excludes halogenated alkanes) is 28. The Bertz CT molecular complexity index is 754. The normalized spacial score (nSPS) is 11.4. The van der Waals surface area contributed by atoms with Gasteiger partial charge < -0.3 is 0 Å². The summed E-state index contributed by atoms with van der Waals surface area (Å²) in [5.74, 6) is 0. The molecule has 1 unspecified atom stereocenters. The first-order valence-corrected chi connectivity index (χ1v) is 23.6. The van der Waals surface area contributed by atoms with E-state index in [9.17, 15) is 30.3 Å². The van der Waals surface area contributed by atoms with Crippen molar-refractivity contribution in [3.63, 3.8) is 0 Å². The van der Waals surface area contributed by atoms with Crippen LogP contribution in [0.15, 0.2) is 0 Å². The molecule has 0 N–H and O–H groups in total. The average molecular weight is 772 g/mol. The number of rotatable bonds is 40. The van der Waals surface area contributed by atoms with E-state index in [4.69, 9.17) is 0 Å². The van der Waals surface area contributed by atoms with E-state index in [1.54, 1.807) is 0 Å². The lowest BCUT2D eigenvalue weighted by Gasteiger charge is -2.09. The zero-order chi connectivity index (χ0) is 40.8. The Balaban J connectivity index is -0.000000727. The Morgan fingerprint density at radius 1 is 0.296 bits per heavy atom. The molecular weight excluding hydrogens is 679 g/mol. The zero-order valence-electron chi connectivity index (χ0n) is 36.8. The summed E-state index contributed by atoms with van der Waals surface area (Å²) in [5.41, 5.74) is 0. The Labute approximate surface area is 335 Å². The van der Waals surface area contributed by atoms with Gasteiger partial charge in [-0.25, -0.2) is 0 Å². The highest BCUT2D eigenvalue weighted by molar-refractivity contribution is 4.60. The van der Waals surface area contributed by atoms with Gasteiger partial charge in [0.1, 0.15) is 0 Å². The van der Waals surface area contributed by atoms with Gasteiger partial charge in [-0.05, 0) is 32.1 Å². The molecule has 0 aliphatic rings. The van der Waals surface area contributed by atoms with E-state index in [0.29, 0.717) is 0 Å². The van der Waals surface area contributed by atoms with Crippen LogP contribution in [0, 0.1) is 30.3 Å². The molecule has 0 bridgehead atoms. The first kappa shape index (κ1) is 56.5. The van der Waals surface area contributed by atoms with E-state index in [1.807, 2.05) is 0 Å². The average Bonchev–Trinajstić information content (AvgIpc) is 3.14. The van der Waals surface area contributed by atoms with Crippen molar-refractivity contribution >= 4 is 0 Å². The van der Waals surface area contributed by atoms with Gasteiger partial charge in [0.2, 0.25) is 18.6 Å². The van der Waals surface area contributed by atoms with E-state index in [-0.39, 0.29) is 33.4 Å². The van der Waals surface area contributed by atoms with Crippen molar-refractivity contribution in [2.45, 2.75) is 284 Å². The van der Waals surface area contributed by atoms with E-state index in [2.05, 4.69) is 34.6 Å². The molecule has 0 aromatic heterocycles. The lowest BCUT2D eigenvalue weighted by molar-refractivity contribution is -0.524. The largest absolute Gasteiger partial charge is 0.265 e. The summed E-state index contributed by atoms with van der Waals surface area (Å²) >= 11 is 0. The van der Waals surface area contributed by atoms with Crippen molar-refractivity contribution in [3.05, 3.63) is 30.3 Å². The highest BCUT2D eigenvalue weighted by atomic mass is 16.6. The van der Waals surface area contributed by atoms with E-state index >= 15 is 0 Å². The fourth-order valence-electron chi connectivity index (χ4n) is 6.90. The standard InChI is InChI=1S/C17H35NO2.C15H31NO2.C13H27NO2/c1-3-5-7-9-11-13-15-17(18(19)20)16-14-12-10-8-6-4-2;1-3-5-7-8-9-10-12-14-15(16(17)18)13-11-6-4-2;1-2-3-4-5-6-7-8-9-10-11-12-13-14(15)16/h17H,3-16H2,1-2H3;15H,3-14H2,1-2H3;2-13H2,1H3. The summed E-state index contributed by atoms with van der Waals surface area (Å²) in [6.07, 6.45) is 43.4. The van der Waals surface area contributed by atoms with Gasteiger partial charge in [0.05, 0.1) is 0 Å². The van der Waals surface area contributed by atoms with Gasteiger partial charge in [0.15, 0.2) is 0 Å². The highest BCUT2D eigenvalue weighted by Gasteiger charge is 2.19. The molecule has 0 radical (unpaired) electrons. The van der Waals surface area contributed by atoms with Gasteiger partial charge in [-0.2, -0.15) is 0 Å². The first-order chi connectivity index (χ1) is 26.2. The monoisotopic (exact) mass is 772 g/mol. The highest BCUT2D eigenvalue weighted by Crippen LogP contribution is 2.17. The molecule has 9 heteroatoms. The summed E-state index contributed by atoms with van der Waals surface area (Å²) in [6.45, 7) is 11.2. The molecular formula is C45H93N3O6. The maximum atomic E-state index is 11.0. The van der Waals surface area contributed by atoms with Crippen molar-refractivity contribution in [2.75, 3.05) is 6.54 Å². The minimum atomic E-state index is -0.285. The molecule has 0 heterocycles. The van der Waals surface area contributed by atoms with Gasteiger partial charge in [0, 0.05) is 46.9 Å². The lowest BCUT2D eigenvalue weighted by atomic mass is 10.0. The summed E-state index contributed by atoms with van der Waals surface area (Å²) in [4.78, 5) is 31.7. The van der Waals surface area contributed by atoms with Crippen LogP contribution in [0.3, 0.4) is 0 Å². The van der Waals surface area contributed by atoms with E-state index < -0.39 is 0 Å². The van der Waals surface area contributed by atoms with Gasteiger partial charge in [0.25, 0.3) is 0 Å². The second-order valence-electron chi connectivity index (χ2n) is 16.0. The second kappa shape index (κ2) is 49.2. The van der Waals surface area contributed by atoms with Gasteiger partial charge in [-0.15, -0.1) is 0 Å². The fraction of sp³-hybridized carbons (Fsp3) is 1.00. The zero-order valence-corrected chi connectivity index (χ0v) is 36.8. The molecule has 0 fully saturated rings. The predicted octanol–water partition coefficient (Wildman–Crippen LogP) is 16.1. The molecule has 0 aliphatic carbocycles. The van der Waals surface area contributed by atoms with Crippen LogP contribution in [0.2, 0.25) is 0 Å². The van der Waals surface area contributed by atoms with Crippen molar-refractivity contribution in [1.82, 2.24) is 0 Å². The molecule has 0 aromatic rings. The number of hydrogen-bond donors (Lipinski definition) is 0. The van der Waals surface area contributed by atoms with E-state index in [0.717, 1.165) is 77.0 Å². The Hall–Kier alpha value is -1.80. The van der Waals surface area contributed by atoms with Crippen molar-refractivity contribution in [3.8, 4) is 0 Å². The second-order valence-corrected chi connectivity index (χ2v) is 16.0. The van der Waals surface area contributed by atoms with Crippen LogP contribution in [0.4, 0.5) is 0 Å². The maximum Gasteiger partial charge on any atom is 0.213 e. The van der Waals surface area contributed by atoms with Gasteiger partial charge in [-0.3, -0.25) is 30.3 Å². The quantitative estimate of drug-likeness (QED) is 0.0346. The fourth-order valence-corrected chi connectivity index (χ4v) is 6.90. The third-order valence-corrected chi connectivity index (χ3v) is 10.6. The molecule has 0 spiro atoms. The number of nitro groups is 3. The smallest absolute Gasteiger partial charge is 0.213 e. The van der Waals surface area contributed by atoms with Crippen LogP contribution < -0.4 is 0 Å². The summed E-state index contributed by atoms with van der Waals surface area (Å²) in [6, 6.07) is -0.570. The van der Waals surface area contributed by atoms with Crippen LogP contribution in [0.25, 0.3) is 0 Å². The Morgan fingerprint density at radius 3 is 0.704 bits per heavy atom. The first-order valence-electron chi connectivity index (χ1n) is 23.6. The van der Waals surface area contributed by atoms with Crippen LogP contribution in [-0.2, 0) is 0 Å². The van der Waals surface area contributed by atoms with Gasteiger partial charge in [-0.1, -0.05) is 208 Å².